The van der Waals surface area contributed by atoms with Gasteiger partial charge in [0, 0.05) is 38.2 Å². The lowest BCUT2D eigenvalue weighted by molar-refractivity contribution is 0.0945. The van der Waals surface area contributed by atoms with E-state index in [0.29, 0.717) is 31.4 Å². The fraction of sp³-hybridized carbons (Fsp3) is 0.333. The molecule has 1 N–H and O–H groups in total. The van der Waals surface area contributed by atoms with Crippen LogP contribution in [0.15, 0.2) is 36.8 Å². The molecule has 1 saturated heterocycles. The molecule has 1 aliphatic heterocycles. The van der Waals surface area contributed by atoms with Crippen molar-refractivity contribution in [3.05, 3.63) is 48.0 Å². The third-order valence-corrected chi connectivity index (χ3v) is 3.37. The Morgan fingerprint density at radius 3 is 2.73 bits per heavy atom. The number of nitrogens with zero attached hydrogens (tertiary/aromatic N) is 4. The quantitative estimate of drug-likeness (QED) is 0.892. The van der Waals surface area contributed by atoms with Gasteiger partial charge in [0.05, 0.1) is 13.2 Å². The molecule has 3 rings (SSSR count). The molecular weight excluding hydrogens is 282 g/mol. The molecule has 0 saturated carbocycles. The Kier molecular flexibility index (Phi) is 4.55. The smallest absolute Gasteiger partial charge is 0.270 e. The van der Waals surface area contributed by atoms with Gasteiger partial charge in [0.2, 0.25) is 5.95 Å². The minimum Gasteiger partial charge on any atom is -0.378 e. The fourth-order valence-corrected chi connectivity index (χ4v) is 2.16. The third-order valence-electron chi connectivity index (χ3n) is 3.37. The van der Waals surface area contributed by atoms with Gasteiger partial charge >= 0.3 is 0 Å². The Hall–Kier alpha value is -2.54. The van der Waals surface area contributed by atoms with Crippen LogP contribution in [-0.4, -0.2) is 47.2 Å². The van der Waals surface area contributed by atoms with Crippen LogP contribution in [0.5, 0.6) is 0 Å². The van der Waals surface area contributed by atoms with E-state index in [4.69, 9.17) is 4.74 Å². The van der Waals surface area contributed by atoms with Gasteiger partial charge in [0.25, 0.3) is 5.91 Å². The number of carbonyl (C=O) groups is 1. The van der Waals surface area contributed by atoms with Crippen LogP contribution in [0.2, 0.25) is 0 Å². The van der Waals surface area contributed by atoms with Crippen molar-refractivity contribution in [3.8, 4) is 0 Å². The zero-order valence-corrected chi connectivity index (χ0v) is 12.1. The van der Waals surface area contributed by atoms with Crippen LogP contribution in [0.25, 0.3) is 0 Å². The number of ether oxygens (including phenoxy) is 1. The summed E-state index contributed by atoms with van der Waals surface area (Å²) >= 11 is 0. The molecule has 0 radical (unpaired) electrons. The molecule has 0 bridgehead atoms. The Morgan fingerprint density at radius 2 is 1.95 bits per heavy atom. The first-order chi connectivity index (χ1) is 10.8. The summed E-state index contributed by atoms with van der Waals surface area (Å²) in [4.78, 5) is 26.7. The van der Waals surface area contributed by atoms with Gasteiger partial charge in [-0.1, -0.05) is 0 Å². The fourth-order valence-electron chi connectivity index (χ4n) is 2.16. The molecule has 1 fully saturated rings. The maximum Gasteiger partial charge on any atom is 0.270 e. The number of amides is 1. The molecule has 1 aliphatic rings. The summed E-state index contributed by atoms with van der Waals surface area (Å²) in [5.74, 6) is 0.355. The van der Waals surface area contributed by atoms with Crippen molar-refractivity contribution in [3.63, 3.8) is 0 Å². The summed E-state index contributed by atoms with van der Waals surface area (Å²) < 4.78 is 5.30. The molecule has 0 atom stereocenters. The average molecular weight is 299 g/mol. The normalized spacial score (nSPS) is 14.6. The number of pyridine rings is 1. The summed E-state index contributed by atoms with van der Waals surface area (Å²) in [7, 11) is 0. The number of nitrogens with one attached hydrogen (secondary N) is 1. The van der Waals surface area contributed by atoms with E-state index in [1.807, 2.05) is 17.0 Å². The van der Waals surface area contributed by atoms with Gasteiger partial charge in [-0.05, 0) is 23.8 Å². The van der Waals surface area contributed by atoms with Crippen molar-refractivity contribution in [1.29, 1.82) is 0 Å². The lowest BCUT2D eigenvalue weighted by atomic mass is 10.2. The minimum absolute atomic E-state index is 0.214. The number of morpholine rings is 1. The first-order valence-electron chi connectivity index (χ1n) is 7.16. The van der Waals surface area contributed by atoms with Gasteiger partial charge < -0.3 is 15.0 Å². The molecule has 0 spiro atoms. The van der Waals surface area contributed by atoms with E-state index >= 15 is 0 Å². The summed E-state index contributed by atoms with van der Waals surface area (Å²) in [6.45, 7) is 3.23. The predicted octanol–water partition coefficient (Wildman–Crippen LogP) is 0.638. The lowest BCUT2D eigenvalue weighted by Gasteiger charge is -2.26. The van der Waals surface area contributed by atoms with E-state index in [9.17, 15) is 4.79 Å². The number of hydrogen-bond acceptors (Lipinski definition) is 6. The highest BCUT2D eigenvalue weighted by atomic mass is 16.5. The van der Waals surface area contributed by atoms with E-state index in [1.165, 1.54) is 0 Å². The Labute approximate surface area is 128 Å². The maximum atomic E-state index is 12.2. The third kappa shape index (κ3) is 3.56. The van der Waals surface area contributed by atoms with Crippen LogP contribution in [-0.2, 0) is 11.3 Å². The molecular formula is C15H17N5O2. The number of carbonyl (C=O) groups excluding carboxylic acids is 1. The van der Waals surface area contributed by atoms with Gasteiger partial charge in [-0.2, -0.15) is 0 Å². The van der Waals surface area contributed by atoms with E-state index in [-0.39, 0.29) is 5.91 Å². The maximum absolute atomic E-state index is 12.2. The van der Waals surface area contributed by atoms with Crippen molar-refractivity contribution < 1.29 is 9.53 Å². The molecule has 2 aromatic rings. The van der Waals surface area contributed by atoms with Gasteiger partial charge in [0.15, 0.2) is 0 Å². The van der Waals surface area contributed by atoms with Crippen molar-refractivity contribution in [1.82, 2.24) is 20.3 Å². The molecule has 1 amide bonds. The van der Waals surface area contributed by atoms with Crippen LogP contribution >= 0.6 is 0 Å². The number of hydrogen-bond donors (Lipinski definition) is 1. The molecule has 0 aromatic carbocycles. The van der Waals surface area contributed by atoms with Crippen molar-refractivity contribution in [2.45, 2.75) is 6.54 Å². The van der Waals surface area contributed by atoms with Crippen LogP contribution in [0.4, 0.5) is 5.95 Å². The van der Waals surface area contributed by atoms with E-state index in [1.54, 1.807) is 24.7 Å². The topological polar surface area (TPSA) is 80.2 Å². The second kappa shape index (κ2) is 6.95. The standard InChI is InChI=1S/C15H17N5O2/c21-14(18-11-12-1-4-16-5-2-12)13-3-6-17-15(19-13)20-7-9-22-10-8-20/h1-6H,7-11H2,(H,18,21). The molecule has 2 aromatic heterocycles. The van der Waals surface area contributed by atoms with Crippen molar-refractivity contribution in [2.24, 2.45) is 0 Å². The second-order valence-electron chi connectivity index (χ2n) is 4.88. The van der Waals surface area contributed by atoms with Crippen LogP contribution in [0.1, 0.15) is 16.1 Å². The van der Waals surface area contributed by atoms with E-state index in [0.717, 1.165) is 18.7 Å². The molecule has 0 unspecified atom stereocenters. The molecule has 114 valence electrons. The average Bonchev–Trinajstić information content (AvgIpc) is 2.61. The number of aromatic nitrogens is 3. The summed E-state index contributed by atoms with van der Waals surface area (Å²) in [5.41, 5.74) is 1.36. The largest absolute Gasteiger partial charge is 0.378 e. The van der Waals surface area contributed by atoms with Gasteiger partial charge in [-0.15, -0.1) is 0 Å². The van der Waals surface area contributed by atoms with Crippen molar-refractivity contribution >= 4 is 11.9 Å². The lowest BCUT2D eigenvalue weighted by Crippen LogP contribution is -2.37. The minimum atomic E-state index is -0.214. The molecule has 0 aliphatic carbocycles. The van der Waals surface area contributed by atoms with Crippen molar-refractivity contribution in [2.75, 3.05) is 31.2 Å². The van der Waals surface area contributed by atoms with E-state index < -0.39 is 0 Å². The summed E-state index contributed by atoms with van der Waals surface area (Å²) in [6, 6.07) is 5.34. The summed E-state index contributed by atoms with van der Waals surface area (Å²) in [5, 5.41) is 2.85. The Bertz CT molecular complexity index is 629. The van der Waals surface area contributed by atoms with Gasteiger partial charge in [-0.25, -0.2) is 9.97 Å². The summed E-state index contributed by atoms with van der Waals surface area (Å²) in [6.07, 6.45) is 5.00. The number of anilines is 1. The predicted molar refractivity (Wildman–Crippen MR) is 80.5 cm³/mol. The second-order valence-corrected chi connectivity index (χ2v) is 4.88. The highest BCUT2D eigenvalue weighted by molar-refractivity contribution is 5.92. The molecule has 7 heteroatoms. The molecule has 22 heavy (non-hydrogen) atoms. The highest BCUT2D eigenvalue weighted by Crippen LogP contribution is 2.10. The zero-order chi connectivity index (χ0) is 15.2. The van der Waals surface area contributed by atoms with Gasteiger partial charge in [0.1, 0.15) is 5.69 Å². The SMILES string of the molecule is O=C(NCc1ccncc1)c1ccnc(N2CCOCC2)n1. The Morgan fingerprint density at radius 1 is 1.18 bits per heavy atom. The molecule has 7 nitrogen and oxygen atoms in total. The Balaban J connectivity index is 1.64. The van der Waals surface area contributed by atoms with Crippen LogP contribution in [0.3, 0.4) is 0 Å². The first-order valence-corrected chi connectivity index (χ1v) is 7.16. The monoisotopic (exact) mass is 299 g/mol. The van der Waals surface area contributed by atoms with Gasteiger partial charge in [-0.3, -0.25) is 9.78 Å². The zero-order valence-electron chi connectivity index (χ0n) is 12.1. The first kappa shape index (κ1) is 14.4. The van der Waals surface area contributed by atoms with Crippen LogP contribution in [0, 0.1) is 0 Å². The van der Waals surface area contributed by atoms with E-state index in [2.05, 4.69) is 20.3 Å². The van der Waals surface area contributed by atoms with Crippen LogP contribution < -0.4 is 10.2 Å². The highest BCUT2D eigenvalue weighted by Gasteiger charge is 2.15. The molecule has 3 heterocycles. The number of rotatable bonds is 4.